The summed E-state index contributed by atoms with van der Waals surface area (Å²) in [6.45, 7) is 4.69. The average molecular weight is 312 g/mol. The Morgan fingerprint density at radius 2 is 1.29 bits per heavy atom. The van der Waals surface area contributed by atoms with Gasteiger partial charge in [-0.25, -0.2) is 0 Å². The summed E-state index contributed by atoms with van der Waals surface area (Å²) in [5.74, 6) is 1.59. The molecule has 0 fully saturated rings. The molecular weight excluding hydrogens is 288 g/mol. The van der Waals surface area contributed by atoms with Crippen LogP contribution in [0.25, 0.3) is 0 Å². The van der Waals surface area contributed by atoms with E-state index < -0.39 is 0 Å². The van der Waals surface area contributed by atoms with E-state index in [9.17, 15) is 0 Å². The van der Waals surface area contributed by atoms with Crippen molar-refractivity contribution in [2.75, 3.05) is 0 Å². The second-order valence-electron chi connectivity index (χ2n) is 7.08. The minimum absolute atomic E-state index is 0.422. The fourth-order valence-corrected chi connectivity index (χ4v) is 4.32. The maximum atomic E-state index is 2.36. The molecule has 0 unspecified atom stereocenters. The SMILES string of the molecule is C[C@H](c1ccccc1)c1ccccc1[C@H]1C[C@@H](C)c2ccccc21. The maximum absolute atomic E-state index is 2.36. The highest BCUT2D eigenvalue weighted by Gasteiger charge is 2.30. The molecule has 120 valence electrons. The number of benzene rings is 3. The zero-order chi connectivity index (χ0) is 16.5. The summed E-state index contributed by atoms with van der Waals surface area (Å²) in [5.41, 5.74) is 7.43. The van der Waals surface area contributed by atoms with E-state index >= 15 is 0 Å². The normalized spacial score (nSPS) is 20.6. The second-order valence-corrected chi connectivity index (χ2v) is 7.08. The molecule has 0 saturated carbocycles. The van der Waals surface area contributed by atoms with Gasteiger partial charge in [0.25, 0.3) is 0 Å². The summed E-state index contributed by atoms with van der Waals surface area (Å²) >= 11 is 0. The molecule has 0 heteroatoms. The molecule has 0 saturated heterocycles. The zero-order valence-electron chi connectivity index (χ0n) is 14.4. The van der Waals surface area contributed by atoms with E-state index in [-0.39, 0.29) is 0 Å². The summed E-state index contributed by atoms with van der Waals surface area (Å²) in [4.78, 5) is 0. The van der Waals surface area contributed by atoms with Crippen molar-refractivity contribution >= 4 is 0 Å². The van der Waals surface area contributed by atoms with Crippen LogP contribution in [-0.4, -0.2) is 0 Å². The second kappa shape index (κ2) is 6.28. The average Bonchev–Trinajstić information content (AvgIpc) is 2.99. The molecule has 4 rings (SSSR count). The van der Waals surface area contributed by atoms with Crippen LogP contribution >= 0.6 is 0 Å². The van der Waals surface area contributed by atoms with Gasteiger partial charge < -0.3 is 0 Å². The Morgan fingerprint density at radius 3 is 2.04 bits per heavy atom. The molecule has 3 atom stereocenters. The minimum Gasteiger partial charge on any atom is -0.0622 e. The number of hydrogen-bond donors (Lipinski definition) is 0. The molecule has 0 radical (unpaired) electrons. The minimum atomic E-state index is 0.422. The lowest BCUT2D eigenvalue weighted by Gasteiger charge is -2.22. The van der Waals surface area contributed by atoms with Crippen molar-refractivity contribution in [2.45, 2.75) is 38.0 Å². The Kier molecular flexibility index (Phi) is 3.98. The summed E-state index contributed by atoms with van der Waals surface area (Å²) in [6.07, 6.45) is 1.22. The van der Waals surface area contributed by atoms with Gasteiger partial charge in [-0.2, -0.15) is 0 Å². The molecule has 0 nitrogen and oxygen atoms in total. The van der Waals surface area contributed by atoms with E-state index in [2.05, 4.69) is 92.7 Å². The van der Waals surface area contributed by atoms with E-state index in [1.807, 2.05) is 0 Å². The van der Waals surface area contributed by atoms with Crippen LogP contribution < -0.4 is 0 Å². The van der Waals surface area contributed by atoms with Crippen molar-refractivity contribution in [1.29, 1.82) is 0 Å². The molecule has 3 aromatic carbocycles. The third-order valence-corrected chi connectivity index (χ3v) is 5.63. The van der Waals surface area contributed by atoms with Gasteiger partial charge in [0, 0.05) is 11.8 Å². The molecule has 0 N–H and O–H groups in total. The molecule has 3 aromatic rings. The third-order valence-electron chi connectivity index (χ3n) is 5.63. The van der Waals surface area contributed by atoms with E-state index in [0.29, 0.717) is 17.8 Å². The monoisotopic (exact) mass is 312 g/mol. The van der Waals surface area contributed by atoms with Gasteiger partial charge in [-0.1, -0.05) is 92.7 Å². The first-order valence-corrected chi connectivity index (χ1v) is 8.98. The lowest BCUT2D eigenvalue weighted by atomic mass is 9.82. The standard InChI is InChI=1S/C24H24/c1-17-16-24(22-14-8-6-12-20(17)22)23-15-9-7-13-21(23)18(2)19-10-4-3-5-11-19/h3-15,17-18,24H,16H2,1-2H3/t17-,18-,24+/m1/s1. The smallest absolute Gasteiger partial charge is 0.0101 e. The quantitative estimate of drug-likeness (QED) is 0.519. The predicted molar refractivity (Wildman–Crippen MR) is 102 cm³/mol. The van der Waals surface area contributed by atoms with Gasteiger partial charge in [0.2, 0.25) is 0 Å². The van der Waals surface area contributed by atoms with Crippen LogP contribution in [0.5, 0.6) is 0 Å². The molecule has 1 aliphatic rings. The lowest BCUT2D eigenvalue weighted by Crippen LogP contribution is -2.05. The van der Waals surface area contributed by atoms with Crippen LogP contribution in [-0.2, 0) is 0 Å². The molecule has 24 heavy (non-hydrogen) atoms. The Morgan fingerprint density at radius 1 is 0.708 bits per heavy atom. The largest absolute Gasteiger partial charge is 0.0622 e. The summed E-state index contributed by atoms with van der Waals surface area (Å²) < 4.78 is 0. The Labute approximate surface area is 145 Å². The van der Waals surface area contributed by atoms with Crippen LogP contribution in [0.2, 0.25) is 0 Å². The van der Waals surface area contributed by atoms with Crippen LogP contribution in [0.1, 0.15) is 65.8 Å². The van der Waals surface area contributed by atoms with Crippen LogP contribution in [0, 0.1) is 0 Å². The van der Waals surface area contributed by atoms with Crippen molar-refractivity contribution in [2.24, 2.45) is 0 Å². The van der Waals surface area contributed by atoms with E-state index in [1.165, 1.54) is 34.2 Å². The highest BCUT2D eigenvalue weighted by Crippen LogP contribution is 2.47. The van der Waals surface area contributed by atoms with Crippen molar-refractivity contribution < 1.29 is 0 Å². The topological polar surface area (TPSA) is 0 Å². The van der Waals surface area contributed by atoms with E-state index in [1.54, 1.807) is 0 Å². The van der Waals surface area contributed by atoms with Crippen molar-refractivity contribution in [3.8, 4) is 0 Å². The van der Waals surface area contributed by atoms with Gasteiger partial charge in [-0.3, -0.25) is 0 Å². The van der Waals surface area contributed by atoms with Crippen molar-refractivity contribution in [1.82, 2.24) is 0 Å². The van der Waals surface area contributed by atoms with Crippen molar-refractivity contribution in [3.05, 3.63) is 107 Å². The van der Waals surface area contributed by atoms with Gasteiger partial charge in [0.1, 0.15) is 0 Å². The predicted octanol–water partition coefficient (Wildman–Crippen LogP) is 6.48. The Bertz CT molecular complexity index is 831. The number of fused-ring (bicyclic) bond motifs is 1. The molecule has 0 amide bonds. The Hall–Kier alpha value is -2.34. The third kappa shape index (κ3) is 2.57. The van der Waals surface area contributed by atoms with Crippen LogP contribution in [0.3, 0.4) is 0 Å². The zero-order valence-corrected chi connectivity index (χ0v) is 14.4. The van der Waals surface area contributed by atoms with Gasteiger partial charge in [0.05, 0.1) is 0 Å². The van der Waals surface area contributed by atoms with Gasteiger partial charge in [-0.05, 0) is 40.2 Å². The number of hydrogen-bond acceptors (Lipinski definition) is 0. The first-order chi connectivity index (χ1) is 11.8. The highest BCUT2D eigenvalue weighted by atomic mass is 14.3. The summed E-state index contributed by atoms with van der Waals surface area (Å²) in [5, 5.41) is 0. The van der Waals surface area contributed by atoms with Gasteiger partial charge in [-0.15, -0.1) is 0 Å². The molecule has 0 aromatic heterocycles. The summed E-state index contributed by atoms with van der Waals surface area (Å²) in [6, 6.07) is 28.9. The molecule has 0 bridgehead atoms. The van der Waals surface area contributed by atoms with Gasteiger partial charge in [0.15, 0.2) is 0 Å². The van der Waals surface area contributed by atoms with Crippen molar-refractivity contribution in [3.63, 3.8) is 0 Å². The Balaban J connectivity index is 1.79. The van der Waals surface area contributed by atoms with Crippen LogP contribution in [0.15, 0.2) is 78.9 Å². The number of rotatable bonds is 3. The summed E-state index contributed by atoms with van der Waals surface area (Å²) in [7, 11) is 0. The molecule has 0 heterocycles. The molecule has 0 aliphatic heterocycles. The fraction of sp³-hybridized carbons (Fsp3) is 0.250. The maximum Gasteiger partial charge on any atom is 0.0101 e. The first kappa shape index (κ1) is 15.2. The van der Waals surface area contributed by atoms with E-state index in [4.69, 9.17) is 0 Å². The van der Waals surface area contributed by atoms with Crippen LogP contribution in [0.4, 0.5) is 0 Å². The molecule has 1 aliphatic carbocycles. The first-order valence-electron chi connectivity index (χ1n) is 8.98. The molecule has 0 spiro atoms. The van der Waals surface area contributed by atoms with Gasteiger partial charge >= 0.3 is 0 Å². The van der Waals surface area contributed by atoms with E-state index in [0.717, 1.165) is 0 Å². The highest BCUT2D eigenvalue weighted by molar-refractivity contribution is 5.49. The molecular formula is C24H24. The fourth-order valence-electron chi connectivity index (χ4n) is 4.32. The lowest BCUT2D eigenvalue weighted by molar-refractivity contribution is 0.678.